The van der Waals surface area contributed by atoms with E-state index in [-0.39, 0.29) is 24.4 Å². The van der Waals surface area contributed by atoms with Crippen LogP contribution in [0.25, 0.3) is 0 Å². The van der Waals surface area contributed by atoms with Crippen LogP contribution in [0.5, 0.6) is 0 Å². The lowest BCUT2D eigenvalue weighted by atomic mass is 9.76. The molecule has 6 nitrogen and oxygen atoms in total. The molecule has 27 heavy (non-hydrogen) atoms. The number of fused-ring (bicyclic) bond motifs is 1. The number of carbonyl (C=O) groups excluding carboxylic acids is 2. The molecule has 2 aliphatic rings. The molecule has 1 amide bonds. The summed E-state index contributed by atoms with van der Waals surface area (Å²) in [6.07, 6.45) is 2.23. The molecule has 0 bridgehead atoms. The number of benzene rings is 1. The molecule has 2 atom stereocenters. The average molecular weight is 365 g/mol. The number of ether oxygens (including phenoxy) is 1. The zero-order valence-electron chi connectivity index (χ0n) is 15.6. The minimum absolute atomic E-state index is 0.000236. The molecule has 2 saturated heterocycles. The fourth-order valence-electron chi connectivity index (χ4n) is 4.24. The van der Waals surface area contributed by atoms with Crippen LogP contribution in [0.15, 0.2) is 48.7 Å². The standard InChI is InChI=1S/C21H23N3O3/c1-15(25)16-8-10-22-19(12-16)24-11-9-21(17-6-4-3-5-7-17)18(13-24)27-14-20(26)23(21)2/h3-8,10,12,18H,9,11,13-14H2,1-2H3/t18-,21+/m1/s1. The van der Waals surface area contributed by atoms with Crippen LogP contribution in [0.3, 0.4) is 0 Å². The highest BCUT2D eigenvalue weighted by Crippen LogP contribution is 2.42. The van der Waals surface area contributed by atoms with Gasteiger partial charge in [-0.2, -0.15) is 0 Å². The minimum Gasteiger partial charge on any atom is -0.364 e. The van der Waals surface area contributed by atoms with Crippen molar-refractivity contribution in [2.45, 2.75) is 25.0 Å². The molecule has 4 rings (SSSR count). The lowest BCUT2D eigenvalue weighted by Crippen LogP contribution is -2.67. The number of anilines is 1. The van der Waals surface area contributed by atoms with Crippen LogP contribution < -0.4 is 4.90 Å². The summed E-state index contributed by atoms with van der Waals surface area (Å²) < 4.78 is 6.02. The number of nitrogens with zero attached hydrogens (tertiary/aromatic N) is 3. The topological polar surface area (TPSA) is 62.7 Å². The van der Waals surface area contributed by atoms with Gasteiger partial charge < -0.3 is 14.5 Å². The Hall–Kier alpha value is -2.73. The van der Waals surface area contributed by atoms with Gasteiger partial charge in [-0.1, -0.05) is 30.3 Å². The molecular weight excluding hydrogens is 342 g/mol. The van der Waals surface area contributed by atoms with Gasteiger partial charge in [0, 0.05) is 31.9 Å². The Kier molecular flexibility index (Phi) is 4.44. The predicted molar refractivity (Wildman–Crippen MR) is 102 cm³/mol. The van der Waals surface area contributed by atoms with E-state index >= 15 is 0 Å². The van der Waals surface area contributed by atoms with E-state index in [9.17, 15) is 9.59 Å². The van der Waals surface area contributed by atoms with Crippen molar-refractivity contribution in [2.75, 3.05) is 31.6 Å². The molecule has 0 N–H and O–H groups in total. The van der Waals surface area contributed by atoms with E-state index in [0.29, 0.717) is 12.1 Å². The van der Waals surface area contributed by atoms with E-state index in [1.807, 2.05) is 36.2 Å². The number of hydrogen-bond donors (Lipinski definition) is 0. The summed E-state index contributed by atoms with van der Waals surface area (Å²) in [5.74, 6) is 0.793. The Morgan fingerprint density at radius 2 is 2.04 bits per heavy atom. The first kappa shape index (κ1) is 17.7. The molecule has 140 valence electrons. The highest BCUT2D eigenvalue weighted by molar-refractivity contribution is 5.94. The second kappa shape index (κ2) is 6.78. The maximum atomic E-state index is 12.4. The van der Waals surface area contributed by atoms with Crippen LogP contribution in [0, 0.1) is 0 Å². The number of amides is 1. The third-order valence-electron chi connectivity index (χ3n) is 5.81. The van der Waals surface area contributed by atoms with Crippen molar-refractivity contribution in [1.29, 1.82) is 0 Å². The number of aromatic nitrogens is 1. The number of ketones is 1. The zero-order chi connectivity index (χ0) is 19.0. The molecular formula is C21H23N3O3. The minimum atomic E-state index is -0.481. The molecule has 0 spiro atoms. The molecule has 6 heteroatoms. The molecule has 0 saturated carbocycles. The SMILES string of the molecule is CC(=O)c1ccnc(N2CC[C@]3(c4ccccc4)[C@@H](C2)OCC(=O)N3C)c1. The Morgan fingerprint density at radius 3 is 2.78 bits per heavy atom. The zero-order valence-corrected chi connectivity index (χ0v) is 15.6. The molecule has 2 aromatic rings. The van der Waals surface area contributed by atoms with Crippen LogP contribution in [0.1, 0.15) is 29.3 Å². The van der Waals surface area contributed by atoms with E-state index in [4.69, 9.17) is 4.74 Å². The second-order valence-corrected chi connectivity index (χ2v) is 7.20. The molecule has 0 unspecified atom stereocenters. The summed E-state index contributed by atoms with van der Waals surface area (Å²) in [6.45, 7) is 2.98. The van der Waals surface area contributed by atoms with Gasteiger partial charge in [-0.3, -0.25) is 9.59 Å². The van der Waals surface area contributed by atoms with Crippen molar-refractivity contribution in [2.24, 2.45) is 0 Å². The number of pyridine rings is 1. The number of likely N-dealkylation sites (N-methyl/N-ethyl adjacent to an activating group) is 1. The van der Waals surface area contributed by atoms with Crippen molar-refractivity contribution < 1.29 is 14.3 Å². The van der Waals surface area contributed by atoms with Crippen LogP contribution in [0.2, 0.25) is 0 Å². The van der Waals surface area contributed by atoms with E-state index in [1.54, 1.807) is 19.2 Å². The summed E-state index contributed by atoms with van der Waals surface area (Å²) >= 11 is 0. The highest BCUT2D eigenvalue weighted by Gasteiger charge is 2.52. The molecule has 0 aliphatic carbocycles. The molecule has 1 aromatic heterocycles. The van der Waals surface area contributed by atoms with Gasteiger partial charge in [0.25, 0.3) is 0 Å². The normalized spacial score (nSPS) is 25.3. The first-order valence-corrected chi connectivity index (χ1v) is 9.18. The molecule has 2 fully saturated rings. The second-order valence-electron chi connectivity index (χ2n) is 7.20. The maximum Gasteiger partial charge on any atom is 0.249 e. The largest absolute Gasteiger partial charge is 0.364 e. The van der Waals surface area contributed by atoms with Gasteiger partial charge in [0.15, 0.2) is 5.78 Å². The Labute approximate surface area is 158 Å². The van der Waals surface area contributed by atoms with Gasteiger partial charge in [0.2, 0.25) is 5.91 Å². The Balaban J connectivity index is 1.68. The number of carbonyl (C=O) groups is 2. The lowest BCUT2D eigenvalue weighted by molar-refractivity contribution is -0.173. The first-order chi connectivity index (χ1) is 13.0. The van der Waals surface area contributed by atoms with Crippen LogP contribution in [-0.4, -0.2) is 54.4 Å². The van der Waals surface area contributed by atoms with Gasteiger partial charge in [-0.15, -0.1) is 0 Å². The number of morpholine rings is 1. The lowest BCUT2D eigenvalue weighted by Gasteiger charge is -2.55. The van der Waals surface area contributed by atoms with Gasteiger partial charge in [0.05, 0.1) is 5.54 Å². The predicted octanol–water partition coefficient (Wildman–Crippen LogP) is 2.25. The van der Waals surface area contributed by atoms with Gasteiger partial charge in [-0.25, -0.2) is 4.98 Å². The number of piperidine rings is 1. The van der Waals surface area contributed by atoms with Crippen molar-refractivity contribution in [3.05, 3.63) is 59.8 Å². The molecule has 3 heterocycles. The summed E-state index contributed by atoms with van der Waals surface area (Å²) in [6, 6.07) is 13.7. The van der Waals surface area contributed by atoms with Crippen molar-refractivity contribution in [1.82, 2.24) is 9.88 Å². The number of rotatable bonds is 3. The van der Waals surface area contributed by atoms with E-state index in [2.05, 4.69) is 22.0 Å². The molecule has 0 radical (unpaired) electrons. The van der Waals surface area contributed by atoms with Crippen molar-refractivity contribution >= 4 is 17.5 Å². The summed E-state index contributed by atoms with van der Waals surface area (Å²) in [5.41, 5.74) is 1.26. The molecule has 2 aliphatic heterocycles. The van der Waals surface area contributed by atoms with Gasteiger partial charge in [-0.05, 0) is 31.0 Å². The van der Waals surface area contributed by atoms with Crippen molar-refractivity contribution in [3.63, 3.8) is 0 Å². The van der Waals surface area contributed by atoms with Crippen molar-refractivity contribution in [3.8, 4) is 0 Å². The van der Waals surface area contributed by atoms with Crippen LogP contribution in [0.4, 0.5) is 5.82 Å². The average Bonchev–Trinajstić information content (AvgIpc) is 2.71. The number of hydrogen-bond acceptors (Lipinski definition) is 5. The van der Waals surface area contributed by atoms with Gasteiger partial charge >= 0.3 is 0 Å². The highest BCUT2D eigenvalue weighted by atomic mass is 16.5. The first-order valence-electron chi connectivity index (χ1n) is 9.18. The van der Waals surface area contributed by atoms with Crippen LogP contribution in [-0.2, 0) is 15.1 Å². The number of Topliss-reactive ketones (excluding diaryl/α,β-unsaturated/α-hetero) is 1. The molecule has 1 aromatic carbocycles. The summed E-state index contributed by atoms with van der Waals surface area (Å²) in [4.78, 5) is 32.6. The fourth-order valence-corrected chi connectivity index (χ4v) is 4.24. The van der Waals surface area contributed by atoms with Crippen LogP contribution >= 0.6 is 0 Å². The third kappa shape index (κ3) is 2.90. The monoisotopic (exact) mass is 365 g/mol. The Morgan fingerprint density at radius 1 is 1.26 bits per heavy atom. The van der Waals surface area contributed by atoms with E-state index < -0.39 is 5.54 Å². The quantitative estimate of drug-likeness (QED) is 0.781. The smallest absolute Gasteiger partial charge is 0.249 e. The summed E-state index contributed by atoms with van der Waals surface area (Å²) in [5, 5.41) is 0. The Bertz CT molecular complexity index is 870. The third-order valence-corrected chi connectivity index (χ3v) is 5.81. The maximum absolute atomic E-state index is 12.4. The van der Waals surface area contributed by atoms with Gasteiger partial charge in [0.1, 0.15) is 18.5 Å². The fraction of sp³-hybridized carbons (Fsp3) is 0.381. The van der Waals surface area contributed by atoms with E-state index in [0.717, 1.165) is 24.3 Å². The summed E-state index contributed by atoms with van der Waals surface area (Å²) in [7, 11) is 1.87. The van der Waals surface area contributed by atoms with E-state index in [1.165, 1.54) is 0 Å².